The van der Waals surface area contributed by atoms with Gasteiger partial charge in [0.2, 0.25) is 0 Å². The maximum atomic E-state index is 12.2. The lowest BCUT2D eigenvalue weighted by atomic mass is 10.2. The number of hydrogen-bond acceptors (Lipinski definition) is 7. The zero-order valence-corrected chi connectivity index (χ0v) is 13.2. The fourth-order valence-corrected chi connectivity index (χ4v) is 2.31. The third kappa shape index (κ3) is 3.31. The first-order valence-corrected chi connectivity index (χ1v) is 7.29. The molecule has 3 rings (SSSR count). The Bertz CT molecular complexity index is 1050. The van der Waals surface area contributed by atoms with E-state index in [0.29, 0.717) is 10.9 Å². The van der Waals surface area contributed by atoms with Crippen LogP contribution in [0.5, 0.6) is 0 Å². The molecule has 0 spiro atoms. The van der Waals surface area contributed by atoms with Crippen LogP contribution in [-0.4, -0.2) is 25.9 Å². The third-order valence-corrected chi connectivity index (χ3v) is 3.56. The Morgan fingerprint density at radius 2 is 2.04 bits per heavy atom. The van der Waals surface area contributed by atoms with E-state index in [4.69, 9.17) is 16.3 Å². The number of carbonyl (C=O) groups is 1. The zero-order valence-electron chi connectivity index (χ0n) is 12.5. The van der Waals surface area contributed by atoms with E-state index in [1.54, 1.807) is 24.3 Å². The number of ether oxygens (including phenoxy) is 1. The van der Waals surface area contributed by atoms with E-state index in [1.807, 2.05) is 0 Å². The molecule has 0 N–H and O–H groups in total. The summed E-state index contributed by atoms with van der Waals surface area (Å²) in [5.74, 6) is -1.00. The van der Waals surface area contributed by atoms with Gasteiger partial charge in [-0.05, 0) is 24.3 Å². The molecule has 1 heterocycles. The van der Waals surface area contributed by atoms with Crippen LogP contribution in [-0.2, 0) is 11.5 Å². The molecule has 0 atom stereocenters. The Hall–Kier alpha value is -3.33. The Kier molecular flexibility index (Phi) is 4.40. The molecule has 2 aromatic carbocycles. The highest BCUT2D eigenvalue weighted by Gasteiger charge is 2.22. The number of esters is 1. The summed E-state index contributed by atoms with van der Waals surface area (Å²) < 4.78 is 5.79. The van der Waals surface area contributed by atoms with Crippen molar-refractivity contribution in [2.24, 2.45) is 0 Å². The Morgan fingerprint density at radius 3 is 2.80 bits per heavy atom. The highest BCUT2D eigenvalue weighted by Crippen LogP contribution is 2.23. The largest absolute Gasteiger partial charge is 0.438 e. The van der Waals surface area contributed by atoms with Crippen molar-refractivity contribution in [3.05, 3.63) is 73.5 Å². The molecule has 0 unspecified atom stereocenters. The van der Waals surface area contributed by atoms with E-state index in [0.717, 1.165) is 16.8 Å². The minimum absolute atomic E-state index is 0.139. The molecule has 0 aliphatic heterocycles. The van der Waals surface area contributed by atoms with Crippen LogP contribution in [0.25, 0.3) is 10.9 Å². The molecule has 0 radical (unpaired) electrons. The molecule has 0 aliphatic rings. The van der Waals surface area contributed by atoms with Gasteiger partial charge >= 0.3 is 5.97 Å². The molecule has 0 saturated carbocycles. The summed E-state index contributed by atoms with van der Waals surface area (Å²) in [5, 5.41) is 18.9. The molecule has 10 heteroatoms. The Labute approximate surface area is 144 Å². The monoisotopic (exact) mass is 360 g/mol. The average molecular weight is 361 g/mol. The van der Waals surface area contributed by atoms with Crippen molar-refractivity contribution in [1.82, 2.24) is 15.0 Å². The van der Waals surface area contributed by atoms with E-state index < -0.39 is 28.9 Å². The molecular formula is C15H9ClN4O5. The van der Waals surface area contributed by atoms with Crippen LogP contribution in [0.1, 0.15) is 10.4 Å². The second kappa shape index (κ2) is 6.65. The smallest absolute Gasteiger partial charge is 0.347 e. The van der Waals surface area contributed by atoms with Gasteiger partial charge in [-0.2, -0.15) is 4.68 Å². The van der Waals surface area contributed by atoms with Gasteiger partial charge in [0.25, 0.3) is 11.2 Å². The number of fused-ring (bicyclic) bond motifs is 1. The first-order chi connectivity index (χ1) is 12.0. The van der Waals surface area contributed by atoms with Gasteiger partial charge in [-0.3, -0.25) is 14.9 Å². The molecule has 9 nitrogen and oxygen atoms in total. The fraction of sp³-hybridized carbons (Fsp3) is 0.0667. The van der Waals surface area contributed by atoms with E-state index in [9.17, 15) is 19.7 Å². The summed E-state index contributed by atoms with van der Waals surface area (Å²) in [6.07, 6.45) is 0. The first kappa shape index (κ1) is 16.5. The highest BCUT2D eigenvalue weighted by molar-refractivity contribution is 6.31. The normalized spacial score (nSPS) is 10.6. The minimum atomic E-state index is -1.00. The van der Waals surface area contributed by atoms with Gasteiger partial charge in [0.15, 0.2) is 6.73 Å². The summed E-state index contributed by atoms with van der Waals surface area (Å²) in [6, 6.07) is 10.1. The molecule has 0 amide bonds. The average Bonchev–Trinajstić information content (AvgIpc) is 2.60. The zero-order chi connectivity index (χ0) is 18.0. The summed E-state index contributed by atoms with van der Waals surface area (Å²) in [7, 11) is 0. The van der Waals surface area contributed by atoms with Gasteiger partial charge in [-0.15, -0.1) is 5.10 Å². The summed E-state index contributed by atoms with van der Waals surface area (Å²) >= 11 is 5.77. The van der Waals surface area contributed by atoms with Crippen LogP contribution < -0.4 is 5.56 Å². The van der Waals surface area contributed by atoms with Crippen molar-refractivity contribution in [3.8, 4) is 0 Å². The molecule has 0 bridgehead atoms. The highest BCUT2D eigenvalue weighted by atomic mass is 35.5. The molecular weight excluding hydrogens is 352 g/mol. The van der Waals surface area contributed by atoms with E-state index in [2.05, 4.69) is 10.3 Å². The fourth-order valence-electron chi connectivity index (χ4n) is 2.14. The van der Waals surface area contributed by atoms with Gasteiger partial charge in [0.05, 0.1) is 10.3 Å². The van der Waals surface area contributed by atoms with Gasteiger partial charge in [0, 0.05) is 11.1 Å². The standard InChI is InChI=1S/C15H9ClN4O5/c16-9-5-6-13(20(23)24)11(7-9)15(22)25-8-19-14(21)10-3-1-2-4-12(10)17-18-19/h1-7H,8H2. The van der Waals surface area contributed by atoms with Crippen molar-refractivity contribution < 1.29 is 14.5 Å². The molecule has 0 saturated heterocycles. The summed E-state index contributed by atoms with van der Waals surface area (Å²) in [4.78, 5) is 34.6. The predicted octanol–water partition coefficient (Wildman–Crippen LogP) is 2.17. The van der Waals surface area contributed by atoms with E-state index in [1.165, 1.54) is 6.07 Å². The van der Waals surface area contributed by atoms with Crippen molar-refractivity contribution in [2.45, 2.75) is 6.73 Å². The Morgan fingerprint density at radius 1 is 1.28 bits per heavy atom. The van der Waals surface area contributed by atoms with Crippen molar-refractivity contribution in [3.63, 3.8) is 0 Å². The van der Waals surface area contributed by atoms with Crippen LogP contribution in [0.2, 0.25) is 5.02 Å². The lowest BCUT2D eigenvalue weighted by molar-refractivity contribution is -0.385. The van der Waals surface area contributed by atoms with Crippen molar-refractivity contribution in [2.75, 3.05) is 0 Å². The first-order valence-electron chi connectivity index (χ1n) is 6.91. The molecule has 0 aliphatic carbocycles. The van der Waals surface area contributed by atoms with E-state index in [-0.39, 0.29) is 10.6 Å². The van der Waals surface area contributed by atoms with Crippen LogP contribution in [0.15, 0.2) is 47.3 Å². The molecule has 126 valence electrons. The van der Waals surface area contributed by atoms with E-state index >= 15 is 0 Å². The number of nitrogens with zero attached hydrogens (tertiary/aromatic N) is 4. The van der Waals surface area contributed by atoms with Gasteiger partial charge in [-0.1, -0.05) is 28.9 Å². The molecule has 25 heavy (non-hydrogen) atoms. The van der Waals surface area contributed by atoms with Gasteiger partial charge in [-0.25, -0.2) is 4.79 Å². The third-order valence-electron chi connectivity index (χ3n) is 3.32. The maximum Gasteiger partial charge on any atom is 0.347 e. The van der Waals surface area contributed by atoms with Crippen molar-refractivity contribution in [1.29, 1.82) is 0 Å². The SMILES string of the molecule is O=C(OCn1nnc2ccccc2c1=O)c1cc(Cl)ccc1[N+](=O)[O-]. The molecule has 0 fully saturated rings. The van der Waals surface area contributed by atoms with Crippen LogP contribution in [0, 0.1) is 10.1 Å². The minimum Gasteiger partial charge on any atom is -0.438 e. The van der Waals surface area contributed by atoms with Gasteiger partial charge < -0.3 is 4.74 Å². The van der Waals surface area contributed by atoms with Crippen molar-refractivity contribution >= 4 is 34.2 Å². The maximum absolute atomic E-state index is 12.2. The number of halogens is 1. The summed E-state index contributed by atoms with van der Waals surface area (Å²) in [6.45, 7) is -0.542. The second-order valence-electron chi connectivity index (χ2n) is 4.89. The predicted molar refractivity (Wildman–Crippen MR) is 87.3 cm³/mol. The van der Waals surface area contributed by atoms with Crippen LogP contribution >= 0.6 is 11.6 Å². The molecule has 3 aromatic rings. The summed E-state index contributed by atoms with van der Waals surface area (Å²) in [5.41, 5.74) is -0.870. The number of carbonyl (C=O) groups excluding carboxylic acids is 1. The van der Waals surface area contributed by atoms with Crippen LogP contribution in [0.4, 0.5) is 5.69 Å². The topological polar surface area (TPSA) is 117 Å². The number of hydrogen-bond donors (Lipinski definition) is 0. The number of aromatic nitrogens is 3. The number of nitro groups is 1. The lowest BCUT2D eigenvalue weighted by Gasteiger charge is -2.07. The van der Waals surface area contributed by atoms with Gasteiger partial charge in [0.1, 0.15) is 11.1 Å². The quantitative estimate of drug-likeness (QED) is 0.397. The number of benzene rings is 2. The second-order valence-corrected chi connectivity index (χ2v) is 5.33. The Balaban J connectivity index is 1.86. The molecule has 1 aromatic heterocycles. The van der Waals surface area contributed by atoms with Crippen LogP contribution in [0.3, 0.4) is 0 Å². The number of rotatable bonds is 4. The lowest BCUT2D eigenvalue weighted by Crippen LogP contribution is -2.26. The number of nitro benzene ring substituents is 1.